The minimum atomic E-state index is -0.428. The molecule has 3 saturated heterocycles. The van der Waals surface area contributed by atoms with Gasteiger partial charge in [0.05, 0.1) is 19.3 Å². The van der Waals surface area contributed by atoms with Crippen LogP contribution in [-0.2, 0) is 14.2 Å². The largest absolute Gasteiger partial charge is 0.444 e. The first kappa shape index (κ1) is 20.9. The Morgan fingerprint density at radius 1 is 1.19 bits per heavy atom. The van der Waals surface area contributed by atoms with Crippen molar-refractivity contribution in [3.05, 3.63) is 0 Å². The number of carbonyl (C=O) groups is 1. The van der Waals surface area contributed by atoms with E-state index in [1.807, 2.05) is 25.7 Å². The maximum atomic E-state index is 12.3. The van der Waals surface area contributed by atoms with Crippen molar-refractivity contribution < 1.29 is 19.0 Å². The van der Waals surface area contributed by atoms with Crippen LogP contribution in [0.4, 0.5) is 4.79 Å². The highest BCUT2D eigenvalue weighted by Crippen LogP contribution is 2.33. The summed E-state index contributed by atoms with van der Waals surface area (Å²) in [6.45, 7) is 15.5. The molecule has 2 atom stereocenters. The number of piperidine rings is 1. The summed E-state index contributed by atoms with van der Waals surface area (Å²) in [6, 6.07) is 0. The molecule has 3 aliphatic rings. The maximum absolute atomic E-state index is 12.3. The molecule has 0 radical (unpaired) electrons. The molecular weight excluding hydrogens is 344 g/mol. The third-order valence-corrected chi connectivity index (χ3v) is 5.94. The van der Waals surface area contributed by atoms with E-state index in [-0.39, 0.29) is 11.5 Å². The van der Waals surface area contributed by atoms with Crippen molar-refractivity contribution in [1.82, 2.24) is 9.80 Å². The first-order valence-electron chi connectivity index (χ1n) is 10.6. The van der Waals surface area contributed by atoms with Crippen LogP contribution in [0.1, 0.15) is 53.4 Å². The molecule has 0 aromatic rings. The molecule has 0 unspecified atom stereocenters. The van der Waals surface area contributed by atoms with Crippen molar-refractivity contribution in [1.29, 1.82) is 0 Å². The Morgan fingerprint density at radius 3 is 2.56 bits per heavy atom. The summed E-state index contributed by atoms with van der Waals surface area (Å²) in [6.07, 6.45) is 4.64. The average Bonchev–Trinajstić information content (AvgIpc) is 3.23. The molecule has 0 aromatic heterocycles. The highest BCUT2D eigenvalue weighted by molar-refractivity contribution is 5.68. The van der Waals surface area contributed by atoms with Gasteiger partial charge < -0.3 is 24.0 Å². The van der Waals surface area contributed by atoms with E-state index in [9.17, 15) is 4.79 Å². The highest BCUT2D eigenvalue weighted by atomic mass is 16.6. The summed E-state index contributed by atoms with van der Waals surface area (Å²) in [7, 11) is 0. The zero-order chi connectivity index (χ0) is 19.5. The lowest BCUT2D eigenvalue weighted by Gasteiger charge is -2.37. The lowest BCUT2D eigenvalue weighted by molar-refractivity contribution is -0.0162. The van der Waals surface area contributed by atoms with Crippen molar-refractivity contribution in [2.45, 2.75) is 65.1 Å². The monoisotopic (exact) mass is 382 g/mol. The molecular formula is C21H38N2O4. The molecule has 0 saturated carbocycles. The van der Waals surface area contributed by atoms with Crippen molar-refractivity contribution in [2.24, 2.45) is 11.3 Å². The summed E-state index contributed by atoms with van der Waals surface area (Å²) in [4.78, 5) is 16.8. The van der Waals surface area contributed by atoms with Gasteiger partial charge in [-0.05, 0) is 51.9 Å². The number of hydrogen-bond donors (Lipinski definition) is 0. The number of nitrogens with zero attached hydrogens (tertiary/aromatic N) is 2. The number of likely N-dealkylation sites (tertiary alicyclic amines) is 2. The molecule has 0 N–H and O–H groups in total. The highest BCUT2D eigenvalue weighted by Gasteiger charge is 2.39. The Hall–Kier alpha value is -0.850. The average molecular weight is 383 g/mol. The number of carbonyl (C=O) groups excluding carboxylic acids is 1. The Labute approximate surface area is 164 Å². The summed E-state index contributed by atoms with van der Waals surface area (Å²) in [5.74, 6) is 0.597. The van der Waals surface area contributed by atoms with Crippen LogP contribution in [0, 0.1) is 11.3 Å². The molecule has 3 rings (SSSR count). The molecule has 1 amide bonds. The summed E-state index contributed by atoms with van der Waals surface area (Å²) >= 11 is 0. The fraction of sp³-hybridized carbons (Fsp3) is 0.952. The number of amides is 1. The van der Waals surface area contributed by atoms with Crippen LogP contribution < -0.4 is 0 Å². The van der Waals surface area contributed by atoms with Crippen molar-refractivity contribution in [3.8, 4) is 0 Å². The molecule has 6 heteroatoms. The maximum Gasteiger partial charge on any atom is 0.410 e. The second-order valence-corrected chi connectivity index (χ2v) is 10.0. The molecule has 0 aliphatic carbocycles. The standard InChI is InChI=1S/C21H38N2O4/c1-20(2,3)27-19(24)23-11-8-21(4,16-23)15-22-9-5-18(6-10-22)26-14-17-7-12-25-13-17/h17-18H,5-16H2,1-4H3/t17-,21+/m1/s1. The van der Waals surface area contributed by atoms with E-state index in [1.54, 1.807) is 0 Å². The van der Waals surface area contributed by atoms with Gasteiger partial charge in [-0.15, -0.1) is 0 Å². The van der Waals surface area contributed by atoms with Gasteiger partial charge in [0, 0.05) is 45.2 Å². The second kappa shape index (κ2) is 8.66. The van der Waals surface area contributed by atoms with Gasteiger partial charge in [-0.2, -0.15) is 0 Å². The van der Waals surface area contributed by atoms with E-state index in [0.29, 0.717) is 12.0 Å². The van der Waals surface area contributed by atoms with E-state index in [1.165, 1.54) is 0 Å². The normalized spacial score (nSPS) is 30.8. The van der Waals surface area contributed by atoms with Crippen LogP contribution in [0.25, 0.3) is 0 Å². The predicted molar refractivity (Wildman–Crippen MR) is 105 cm³/mol. The summed E-state index contributed by atoms with van der Waals surface area (Å²) in [5.41, 5.74) is -0.269. The molecule has 0 bridgehead atoms. The molecule has 0 spiro atoms. The lowest BCUT2D eigenvalue weighted by atomic mass is 9.88. The third kappa shape index (κ3) is 6.33. The second-order valence-electron chi connectivity index (χ2n) is 10.0. The first-order chi connectivity index (χ1) is 12.7. The van der Waals surface area contributed by atoms with E-state index >= 15 is 0 Å². The van der Waals surface area contributed by atoms with Crippen LogP contribution in [0.15, 0.2) is 0 Å². The van der Waals surface area contributed by atoms with Crippen molar-refractivity contribution in [3.63, 3.8) is 0 Å². The van der Waals surface area contributed by atoms with Gasteiger partial charge in [0.25, 0.3) is 0 Å². The number of rotatable bonds is 5. The molecule has 0 aromatic carbocycles. The summed E-state index contributed by atoms with van der Waals surface area (Å²) in [5, 5.41) is 0. The van der Waals surface area contributed by atoms with Crippen LogP contribution in [-0.4, -0.2) is 80.1 Å². The Morgan fingerprint density at radius 2 is 1.93 bits per heavy atom. The summed E-state index contributed by atoms with van der Waals surface area (Å²) < 4.78 is 17.1. The Balaban J connectivity index is 1.37. The van der Waals surface area contributed by atoms with E-state index < -0.39 is 5.60 Å². The minimum absolute atomic E-state index is 0.159. The molecule has 3 heterocycles. The number of hydrogen-bond acceptors (Lipinski definition) is 5. The topological polar surface area (TPSA) is 51.2 Å². The van der Waals surface area contributed by atoms with Gasteiger partial charge in [0.1, 0.15) is 5.60 Å². The van der Waals surface area contributed by atoms with Gasteiger partial charge in [-0.1, -0.05) is 6.92 Å². The quantitative estimate of drug-likeness (QED) is 0.731. The first-order valence-corrected chi connectivity index (χ1v) is 10.6. The zero-order valence-corrected chi connectivity index (χ0v) is 17.7. The van der Waals surface area contributed by atoms with Crippen LogP contribution in [0.3, 0.4) is 0 Å². The zero-order valence-electron chi connectivity index (χ0n) is 17.7. The molecule has 3 aliphatic heterocycles. The Kier molecular flexibility index (Phi) is 6.70. The SMILES string of the molecule is CC(C)(C)OC(=O)N1CC[C@@](C)(CN2CCC(OC[C@@H]3CCOC3)CC2)C1. The van der Waals surface area contributed by atoms with Gasteiger partial charge >= 0.3 is 6.09 Å². The smallest absolute Gasteiger partial charge is 0.410 e. The van der Waals surface area contributed by atoms with Gasteiger partial charge in [0.2, 0.25) is 0 Å². The molecule has 156 valence electrons. The van der Waals surface area contributed by atoms with E-state index in [2.05, 4.69) is 11.8 Å². The fourth-order valence-electron chi connectivity index (χ4n) is 4.40. The minimum Gasteiger partial charge on any atom is -0.444 e. The van der Waals surface area contributed by atoms with E-state index in [4.69, 9.17) is 14.2 Å². The fourth-order valence-corrected chi connectivity index (χ4v) is 4.40. The molecule has 27 heavy (non-hydrogen) atoms. The van der Waals surface area contributed by atoms with Crippen LogP contribution in [0.5, 0.6) is 0 Å². The van der Waals surface area contributed by atoms with Crippen LogP contribution in [0.2, 0.25) is 0 Å². The predicted octanol–water partition coefficient (Wildman–Crippen LogP) is 3.15. The lowest BCUT2D eigenvalue weighted by Crippen LogP contribution is -2.44. The third-order valence-electron chi connectivity index (χ3n) is 5.94. The molecule has 3 fully saturated rings. The van der Waals surface area contributed by atoms with Gasteiger partial charge in [-0.25, -0.2) is 4.79 Å². The van der Waals surface area contributed by atoms with Crippen molar-refractivity contribution in [2.75, 3.05) is 52.5 Å². The Bertz CT molecular complexity index is 493. The number of ether oxygens (including phenoxy) is 3. The van der Waals surface area contributed by atoms with Gasteiger partial charge in [-0.3, -0.25) is 0 Å². The van der Waals surface area contributed by atoms with E-state index in [0.717, 1.165) is 78.2 Å². The van der Waals surface area contributed by atoms with Crippen molar-refractivity contribution >= 4 is 6.09 Å². The van der Waals surface area contributed by atoms with Crippen LogP contribution >= 0.6 is 0 Å². The molecule has 6 nitrogen and oxygen atoms in total. The van der Waals surface area contributed by atoms with Gasteiger partial charge in [0.15, 0.2) is 0 Å².